The highest BCUT2D eigenvalue weighted by molar-refractivity contribution is 5.62. The van der Waals surface area contributed by atoms with Crippen molar-refractivity contribution < 1.29 is 4.74 Å². The molecule has 1 aliphatic heterocycles. The number of aromatic nitrogens is 2. The normalized spacial score (nSPS) is 13.6. The van der Waals surface area contributed by atoms with Gasteiger partial charge in [-0.3, -0.25) is 0 Å². The first-order valence-electron chi connectivity index (χ1n) is 5.37. The molecule has 0 unspecified atom stereocenters. The third kappa shape index (κ3) is 1.47. The molecule has 4 nitrogen and oxygen atoms in total. The van der Waals surface area contributed by atoms with E-state index in [2.05, 4.69) is 16.0 Å². The van der Waals surface area contributed by atoms with E-state index in [0.29, 0.717) is 6.54 Å². The summed E-state index contributed by atoms with van der Waals surface area (Å²) in [7, 11) is 0. The fourth-order valence-electron chi connectivity index (χ4n) is 1.97. The Kier molecular flexibility index (Phi) is 2.15. The van der Waals surface area contributed by atoms with Crippen molar-refractivity contribution in [3.63, 3.8) is 0 Å². The molecule has 0 saturated heterocycles. The molecule has 0 spiro atoms. The maximum absolute atomic E-state index is 5.52. The summed E-state index contributed by atoms with van der Waals surface area (Å²) in [6, 6.07) is 6.20. The molecule has 1 aromatic carbocycles. The Bertz CT molecular complexity index is 519. The van der Waals surface area contributed by atoms with Gasteiger partial charge in [-0.25, -0.2) is 4.98 Å². The molecule has 1 aliphatic rings. The SMILES string of the molecule is NCc1ncc(-c2ccc3c(c2)CCO3)[nH]1. The van der Waals surface area contributed by atoms with Crippen molar-refractivity contribution in [3.8, 4) is 17.0 Å². The molecule has 2 heterocycles. The number of imidazole rings is 1. The van der Waals surface area contributed by atoms with Crippen molar-refractivity contribution in [2.45, 2.75) is 13.0 Å². The smallest absolute Gasteiger partial charge is 0.122 e. The highest BCUT2D eigenvalue weighted by Gasteiger charge is 2.13. The molecule has 0 atom stereocenters. The molecule has 16 heavy (non-hydrogen) atoms. The van der Waals surface area contributed by atoms with Crippen LogP contribution >= 0.6 is 0 Å². The first-order chi connectivity index (χ1) is 7.86. The molecule has 3 N–H and O–H groups in total. The summed E-state index contributed by atoms with van der Waals surface area (Å²) < 4.78 is 5.47. The molecule has 0 bridgehead atoms. The Morgan fingerprint density at radius 3 is 3.19 bits per heavy atom. The monoisotopic (exact) mass is 215 g/mol. The van der Waals surface area contributed by atoms with Crippen LogP contribution in [0.15, 0.2) is 24.4 Å². The largest absolute Gasteiger partial charge is 0.493 e. The quantitative estimate of drug-likeness (QED) is 0.797. The van der Waals surface area contributed by atoms with Gasteiger partial charge in [0.1, 0.15) is 11.6 Å². The van der Waals surface area contributed by atoms with Crippen molar-refractivity contribution >= 4 is 0 Å². The molecule has 0 aliphatic carbocycles. The Labute approximate surface area is 93.5 Å². The number of nitrogens with two attached hydrogens (primary N) is 1. The van der Waals surface area contributed by atoms with Crippen LogP contribution in [0.1, 0.15) is 11.4 Å². The summed E-state index contributed by atoms with van der Waals surface area (Å²) >= 11 is 0. The minimum absolute atomic E-state index is 0.439. The number of fused-ring (bicyclic) bond motifs is 1. The third-order valence-electron chi connectivity index (χ3n) is 2.82. The van der Waals surface area contributed by atoms with Gasteiger partial charge in [0.05, 0.1) is 25.0 Å². The predicted octanol–water partition coefficient (Wildman–Crippen LogP) is 1.47. The number of benzene rings is 1. The average molecular weight is 215 g/mol. The fraction of sp³-hybridized carbons (Fsp3) is 0.250. The van der Waals surface area contributed by atoms with Gasteiger partial charge in [0.15, 0.2) is 0 Å². The van der Waals surface area contributed by atoms with Crippen LogP contribution in [0, 0.1) is 0 Å². The van der Waals surface area contributed by atoms with Gasteiger partial charge < -0.3 is 15.5 Å². The van der Waals surface area contributed by atoms with Crippen LogP contribution in [-0.4, -0.2) is 16.6 Å². The maximum Gasteiger partial charge on any atom is 0.122 e. The molecule has 0 radical (unpaired) electrons. The van der Waals surface area contributed by atoms with Gasteiger partial charge in [0.2, 0.25) is 0 Å². The van der Waals surface area contributed by atoms with Crippen molar-refractivity contribution in [2.24, 2.45) is 5.73 Å². The van der Waals surface area contributed by atoms with Crippen LogP contribution < -0.4 is 10.5 Å². The van der Waals surface area contributed by atoms with Crippen LogP contribution in [0.4, 0.5) is 0 Å². The summed E-state index contributed by atoms with van der Waals surface area (Å²) in [5.74, 6) is 1.81. The highest BCUT2D eigenvalue weighted by atomic mass is 16.5. The van der Waals surface area contributed by atoms with Gasteiger partial charge in [-0.15, -0.1) is 0 Å². The molecule has 0 fully saturated rings. The van der Waals surface area contributed by atoms with Crippen LogP contribution in [-0.2, 0) is 13.0 Å². The number of hydrogen-bond donors (Lipinski definition) is 2. The van der Waals surface area contributed by atoms with E-state index < -0.39 is 0 Å². The molecule has 3 rings (SSSR count). The van der Waals surface area contributed by atoms with E-state index in [0.717, 1.165) is 35.9 Å². The molecule has 82 valence electrons. The van der Waals surface area contributed by atoms with Crippen LogP contribution in [0.25, 0.3) is 11.3 Å². The molecular weight excluding hydrogens is 202 g/mol. The lowest BCUT2D eigenvalue weighted by molar-refractivity contribution is 0.357. The number of hydrogen-bond acceptors (Lipinski definition) is 3. The highest BCUT2D eigenvalue weighted by Crippen LogP contribution is 2.29. The number of aromatic amines is 1. The molecular formula is C12H13N3O. The number of rotatable bonds is 2. The fourth-order valence-corrected chi connectivity index (χ4v) is 1.97. The van der Waals surface area contributed by atoms with Crippen LogP contribution in [0.3, 0.4) is 0 Å². The van der Waals surface area contributed by atoms with Gasteiger partial charge in [-0.2, -0.15) is 0 Å². The van der Waals surface area contributed by atoms with Crippen molar-refractivity contribution in [2.75, 3.05) is 6.61 Å². The Morgan fingerprint density at radius 2 is 2.38 bits per heavy atom. The standard InChI is InChI=1S/C12H13N3O/c13-6-12-14-7-10(15-12)8-1-2-11-9(5-8)3-4-16-11/h1-2,5,7H,3-4,6,13H2,(H,14,15). The van der Waals surface area contributed by atoms with Gasteiger partial charge in [0, 0.05) is 12.0 Å². The summed E-state index contributed by atoms with van der Waals surface area (Å²) in [5.41, 5.74) is 8.93. The zero-order valence-corrected chi connectivity index (χ0v) is 8.86. The van der Waals surface area contributed by atoms with E-state index >= 15 is 0 Å². The van der Waals surface area contributed by atoms with E-state index in [9.17, 15) is 0 Å². The second-order valence-corrected chi connectivity index (χ2v) is 3.87. The maximum atomic E-state index is 5.52. The third-order valence-corrected chi connectivity index (χ3v) is 2.82. The Balaban J connectivity index is 2.00. The molecule has 4 heteroatoms. The zero-order chi connectivity index (χ0) is 11.0. The van der Waals surface area contributed by atoms with Crippen molar-refractivity contribution in [1.82, 2.24) is 9.97 Å². The predicted molar refractivity (Wildman–Crippen MR) is 61.1 cm³/mol. The number of nitrogens with zero attached hydrogens (tertiary/aromatic N) is 1. The topological polar surface area (TPSA) is 63.9 Å². The van der Waals surface area contributed by atoms with E-state index in [1.807, 2.05) is 18.3 Å². The second-order valence-electron chi connectivity index (χ2n) is 3.87. The molecule has 1 aromatic heterocycles. The van der Waals surface area contributed by atoms with Gasteiger partial charge >= 0.3 is 0 Å². The lowest BCUT2D eigenvalue weighted by atomic mass is 10.1. The minimum Gasteiger partial charge on any atom is -0.493 e. The second kappa shape index (κ2) is 3.64. The first kappa shape index (κ1) is 9.42. The number of H-pyrrole nitrogens is 1. The van der Waals surface area contributed by atoms with E-state index in [1.54, 1.807) is 0 Å². The zero-order valence-electron chi connectivity index (χ0n) is 8.86. The molecule has 2 aromatic rings. The lowest BCUT2D eigenvalue weighted by Crippen LogP contribution is -1.97. The van der Waals surface area contributed by atoms with Gasteiger partial charge in [-0.1, -0.05) is 0 Å². The summed E-state index contributed by atoms with van der Waals surface area (Å²) in [6.45, 7) is 1.23. The van der Waals surface area contributed by atoms with E-state index in [-0.39, 0.29) is 0 Å². The van der Waals surface area contributed by atoms with Crippen LogP contribution in [0.2, 0.25) is 0 Å². The van der Waals surface area contributed by atoms with E-state index in [4.69, 9.17) is 10.5 Å². The van der Waals surface area contributed by atoms with Crippen molar-refractivity contribution in [3.05, 3.63) is 35.8 Å². The van der Waals surface area contributed by atoms with Crippen LogP contribution in [0.5, 0.6) is 5.75 Å². The Hall–Kier alpha value is -1.81. The summed E-state index contributed by atoms with van der Waals surface area (Å²) in [5, 5.41) is 0. The van der Waals surface area contributed by atoms with Gasteiger partial charge in [-0.05, 0) is 23.8 Å². The Morgan fingerprint density at radius 1 is 1.44 bits per heavy atom. The van der Waals surface area contributed by atoms with E-state index in [1.165, 1.54) is 5.56 Å². The lowest BCUT2D eigenvalue weighted by Gasteiger charge is -2.01. The number of ether oxygens (including phenoxy) is 1. The molecule has 0 saturated carbocycles. The van der Waals surface area contributed by atoms with Crippen molar-refractivity contribution in [1.29, 1.82) is 0 Å². The average Bonchev–Trinajstić information content (AvgIpc) is 2.96. The molecule has 0 amide bonds. The number of nitrogens with one attached hydrogen (secondary N) is 1. The first-order valence-corrected chi connectivity index (χ1v) is 5.37. The summed E-state index contributed by atoms with van der Waals surface area (Å²) in [4.78, 5) is 7.39. The summed E-state index contributed by atoms with van der Waals surface area (Å²) in [6.07, 6.45) is 2.81. The minimum atomic E-state index is 0.439. The van der Waals surface area contributed by atoms with Gasteiger partial charge in [0.25, 0.3) is 0 Å².